The van der Waals surface area contributed by atoms with Crippen molar-refractivity contribution >= 4 is 27.5 Å². The van der Waals surface area contributed by atoms with Gasteiger partial charge in [0.25, 0.3) is 0 Å². The number of pyridine rings is 1. The van der Waals surface area contributed by atoms with Crippen LogP contribution in [0, 0.1) is 0 Å². The quantitative estimate of drug-likeness (QED) is 0.529. The molecule has 0 fully saturated rings. The maximum absolute atomic E-state index is 6.21. The molecule has 0 spiro atoms. The molecule has 4 rings (SSSR count). The van der Waals surface area contributed by atoms with Crippen LogP contribution < -0.4 is 5.73 Å². The summed E-state index contributed by atoms with van der Waals surface area (Å²) in [7, 11) is 0. The van der Waals surface area contributed by atoms with Gasteiger partial charge in [-0.1, -0.05) is 36.4 Å². The third-order valence-electron chi connectivity index (χ3n) is 3.60. The van der Waals surface area contributed by atoms with E-state index in [0.29, 0.717) is 0 Å². The van der Waals surface area contributed by atoms with Crippen molar-refractivity contribution in [3.05, 3.63) is 66.9 Å². The molecule has 2 N–H and O–H groups in total. The van der Waals surface area contributed by atoms with Gasteiger partial charge in [-0.05, 0) is 24.3 Å². The second kappa shape index (κ2) is 4.10. The molecule has 0 aliphatic carbocycles. The minimum Gasteiger partial charge on any atom is -0.397 e. The van der Waals surface area contributed by atoms with Crippen LogP contribution in [0.15, 0.2) is 66.9 Å². The Morgan fingerprint density at radius 1 is 0.800 bits per heavy atom. The molecule has 96 valence electrons. The van der Waals surface area contributed by atoms with Crippen molar-refractivity contribution in [2.24, 2.45) is 0 Å². The van der Waals surface area contributed by atoms with Crippen LogP contribution in [0.25, 0.3) is 27.6 Å². The molecule has 0 bridgehead atoms. The monoisotopic (exact) mass is 259 g/mol. The van der Waals surface area contributed by atoms with Crippen LogP contribution in [0.3, 0.4) is 0 Å². The van der Waals surface area contributed by atoms with Gasteiger partial charge in [0.2, 0.25) is 0 Å². The summed E-state index contributed by atoms with van der Waals surface area (Å²) < 4.78 is 2.12. The van der Waals surface area contributed by atoms with E-state index in [1.807, 2.05) is 42.5 Å². The molecule has 4 aromatic rings. The highest BCUT2D eigenvalue weighted by atomic mass is 15.1. The normalized spacial score (nSPS) is 11.2. The largest absolute Gasteiger partial charge is 0.397 e. The topological polar surface area (TPSA) is 43.8 Å². The Bertz CT molecular complexity index is 907. The molecular formula is C17H13N3. The molecule has 0 unspecified atom stereocenters. The average molecular weight is 259 g/mol. The Morgan fingerprint density at radius 3 is 2.45 bits per heavy atom. The fraction of sp³-hybridized carbons (Fsp3) is 0. The lowest BCUT2D eigenvalue weighted by Crippen LogP contribution is -1.98. The van der Waals surface area contributed by atoms with Crippen molar-refractivity contribution in [3.63, 3.8) is 0 Å². The van der Waals surface area contributed by atoms with Gasteiger partial charge < -0.3 is 5.73 Å². The number of nitrogens with zero attached hydrogens (tertiary/aromatic N) is 2. The lowest BCUT2D eigenvalue weighted by Gasteiger charge is -2.07. The highest BCUT2D eigenvalue weighted by Crippen LogP contribution is 2.34. The number of fused-ring (bicyclic) bond motifs is 3. The summed E-state index contributed by atoms with van der Waals surface area (Å²) in [5.74, 6) is 0.886. The Hall–Kier alpha value is -2.81. The maximum Gasteiger partial charge on any atom is 0.137 e. The molecular weight excluding hydrogens is 246 g/mol. The smallest absolute Gasteiger partial charge is 0.137 e. The van der Waals surface area contributed by atoms with Gasteiger partial charge >= 0.3 is 0 Å². The van der Waals surface area contributed by atoms with Crippen LogP contribution in [0.4, 0.5) is 5.69 Å². The number of nitrogen functional groups attached to an aromatic ring is 1. The van der Waals surface area contributed by atoms with Gasteiger partial charge in [-0.15, -0.1) is 0 Å². The van der Waals surface area contributed by atoms with E-state index in [4.69, 9.17) is 5.73 Å². The first kappa shape index (κ1) is 11.1. The van der Waals surface area contributed by atoms with Gasteiger partial charge in [-0.2, -0.15) is 0 Å². The van der Waals surface area contributed by atoms with Crippen LogP contribution in [-0.2, 0) is 0 Å². The molecule has 0 saturated heterocycles. The van der Waals surface area contributed by atoms with E-state index in [2.05, 4.69) is 27.8 Å². The standard InChI is InChI=1S/C17H13N3/c18-14-8-5-7-13-12-6-1-2-9-15(12)20(17(13)14)16-10-3-4-11-19-16/h1-11H,18H2. The second-order valence-electron chi connectivity index (χ2n) is 4.78. The molecule has 3 heteroatoms. The zero-order valence-corrected chi connectivity index (χ0v) is 10.8. The molecule has 0 radical (unpaired) electrons. The van der Waals surface area contributed by atoms with Crippen LogP contribution >= 0.6 is 0 Å². The van der Waals surface area contributed by atoms with Gasteiger partial charge in [0.15, 0.2) is 0 Å². The summed E-state index contributed by atoms with van der Waals surface area (Å²) in [5, 5.41) is 2.35. The maximum atomic E-state index is 6.21. The molecule has 2 aromatic heterocycles. The minimum absolute atomic E-state index is 0.768. The van der Waals surface area contributed by atoms with Crippen molar-refractivity contribution < 1.29 is 0 Å². The summed E-state index contributed by atoms with van der Waals surface area (Å²) in [4.78, 5) is 4.47. The summed E-state index contributed by atoms with van der Waals surface area (Å²) in [6.45, 7) is 0. The molecule has 0 atom stereocenters. The third kappa shape index (κ3) is 1.43. The number of anilines is 1. The van der Waals surface area contributed by atoms with Gasteiger partial charge in [0, 0.05) is 17.0 Å². The molecule has 20 heavy (non-hydrogen) atoms. The summed E-state index contributed by atoms with van der Waals surface area (Å²) in [5.41, 5.74) is 9.12. The first-order valence-corrected chi connectivity index (χ1v) is 6.55. The van der Waals surface area contributed by atoms with Crippen molar-refractivity contribution in [1.29, 1.82) is 0 Å². The number of hydrogen-bond acceptors (Lipinski definition) is 2. The lowest BCUT2D eigenvalue weighted by atomic mass is 10.1. The number of nitrogens with two attached hydrogens (primary N) is 1. The van der Waals surface area contributed by atoms with Crippen molar-refractivity contribution in [2.45, 2.75) is 0 Å². The summed E-state index contributed by atoms with van der Waals surface area (Å²) in [6.07, 6.45) is 1.80. The first-order valence-electron chi connectivity index (χ1n) is 6.55. The van der Waals surface area contributed by atoms with E-state index < -0.39 is 0 Å². The Labute approximate surface area is 116 Å². The Balaban J connectivity index is 2.27. The van der Waals surface area contributed by atoms with E-state index in [0.717, 1.165) is 27.9 Å². The number of para-hydroxylation sites is 2. The SMILES string of the molecule is Nc1cccc2c3ccccc3n(-c3ccccn3)c12. The van der Waals surface area contributed by atoms with Gasteiger partial charge in [-0.3, -0.25) is 4.57 Å². The number of rotatable bonds is 1. The van der Waals surface area contributed by atoms with Crippen molar-refractivity contribution in [2.75, 3.05) is 5.73 Å². The fourth-order valence-electron chi connectivity index (χ4n) is 2.77. The average Bonchev–Trinajstić information content (AvgIpc) is 2.84. The number of hydrogen-bond donors (Lipinski definition) is 1. The predicted octanol–water partition coefficient (Wildman–Crippen LogP) is 3.76. The molecule has 2 aromatic carbocycles. The molecule has 3 nitrogen and oxygen atoms in total. The zero-order valence-electron chi connectivity index (χ0n) is 10.8. The van der Waals surface area contributed by atoms with Crippen LogP contribution in [0.2, 0.25) is 0 Å². The van der Waals surface area contributed by atoms with Gasteiger partial charge in [0.1, 0.15) is 5.82 Å². The second-order valence-corrected chi connectivity index (χ2v) is 4.78. The highest BCUT2D eigenvalue weighted by molar-refractivity contribution is 6.12. The van der Waals surface area contributed by atoms with Crippen molar-refractivity contribution in [1.82, 2.24) is 9.55 Å². The zero-order chi connectivity index (χ0) is 13.5. The minimum atomic E-state index is 0.768. The molecule has 2 heterocycles. The van der Waals surface area contributed by atoms with E-state index in [1.54, 1.807) is 6.20 Å². The molecule has 0 aliphatic rings. The molecule has 0 amide bonds. The van der Waals surface area contributed by atoms with E-state index in [-0.39, 0.29) is 0 Å². The lowest BCUT2D eigenvalue weighted by molar-refractivity contribution is 1.08. The third-order valence-corrected chi connectivity index (χ3v) is 3.60. The Morgan fingerprint density at radius 2 is 1.60 bits per heavy atom. The first-order chi connectivity index (χ1) is 9.86. The van der Waals surface area contributed by atoms with Gasteiger partial charge in [-0.25, -0.2) is 4.98 Å². The molecule has 0 aliphatic heterocycles. The highest BCUT2D eigenvalue weighted by Gasteiger charge is 2.13. The summed E-state index contributed by atoms with van der Waals surface area (Å²) >= 11 is 0. The van der Waals surface area contributed by atoms with E-state index >= 15 is 0 Å². The number of benzene rings is 2. The fourth-order valence-corrected chi connectivity index (χ4v) is 2.77. The van der Waals surface area contributed by atoms with Crippen LogP contribution in [0.5, 0.6) is 0 Å². The predicted molar refractivity (Wildman–Crippen MR) is 83.0 cm³/mol. The summed E-state index contributed by atoms with van der Waals surface area (Å²) in [6, 6.07) is 20.2. The van der Waals surface area contributed by atoms with Crippen LogP contribution in [-0.4, -0.2) is 9.55 Å². The van der Waals surface area contributed by atoms with Crippen molar-refractivity contribution in [3.8, 4) is 5.82 Å². The number of aromatic nitrogens is 2. The molecule has 0 saturated carbocycles. The van der Waals surface area contributed by atoms with E-state index in [1.165, 1.54) is 5.39 Å². The Kier molecular flexibility index (Phi) is 2.27. The van der Waals surface area contributed by atoms with Gasteiger partial charge in [0.05, 0.1) is 16.7 Å². The van der Waals surface area contributed by atoms with Crippen LogP contribution in [0.1, 0.15) is 0 Å². The van der Waals surface area contributed by atoms with E-state index in [9.17, 15) is 0 Å².